The molecule has 10 heteroatoms. The fourth-order valence-electron chi connectivity index (χ4n) is 6.79. The van der Waals surface area contributed by atoms with Gasteiger partial charge in [0.05, 0.1) is 22.8 Å². The Morgan fingerprint density at radius 3 is 2.32 bits per heavy atom. The molecule has 0 atom stereocenters. The lowest BCUT2D eigenvalue weighted by molar-refractivity contribution is 0.410. The molecule has 0 spiro atoms. The zero-order valence-corrected chi connectivity index (χ0v) is 23.3. The topological polar surface area (TPSA) is 118 Å². The highest BCUT2D eigenvalue weighted by Gasteiger charge is 2.36. The van der Waals surface area contributed by atoms with E-state index in [4.69, 9.17) is 15.8 Å². The van der Waals surface area contributed by atoms with Gasteiger partial charge in [-0.1, -0.05) is 6.08 Å². The van der Waals surface area contributed by atoms with Crippen LogP contribution in [0.15, 0.2) is 18.3 Å². The van der Waals surface area contributed by atoms with Crippen molar-refractivity contribution in [2.24, 2.45) is 5.73 Å². The summed E-state index contributed by atoms with van der Waals surface area (Å²) in [6.07, 6.45) is 18.2. The van der Waals surface area contributed by atoms with E-state index < -0.39 is 10.0 Å². The maximum atomic E-state index is 13.1. The van der Waals surface area contributed by atoms with E-state index in [9.17, 15) is 8.42 Å². The molecule has 0 unspecified atom stereocenters. The van der Waals surface area contributed by atoms with Crippen molar-refractivity contribution in [2.75, 3.05) is 23.7 Å². The summed E-state index contributed by atoms with van der Waals surface area (Å²) in [6.45, 7) is 1.38. The molecule has 0 aromatic carbocycles. The Morgan fingerprint density at radius 1 is 0.895 bits per heavy atom. The van der Waals surface area contributed by atoms with Crippen LogP contribution in [0.25, 0.3) is 11.2 Å². The molecule has 0 bridgehead atoms. The number of hydrogen-bond acceptors (Lipinski definition) is 7. The van der Waals surface area contributed by atoms with Crippen LogP contribution in [0, 0.1) is 0 Å². The fraction of sp³-hybridized carbons (Fsp3) is 0.714. The molecular weight excluding hydrogens is 498 g/mol. The van der Waals surface area contributed by atoms with Crippen molar-refractivity contribution >= 4 is 32.7 Å². The maximum Gasteiger partial charge on any atom is 0.216 e. The summed E-state index contributed by atoms with van der Waals surface area (Å²) in [6, 6.07) is 3.01. The summed E-state index contributed by atoms with van der Waals surface area (Å²) in [5.41, 5.74) is 10.4. The molecule has 3 heterocycles. The van der Waals surface area contributed by atoms with Gasteiger partial charge in [0.15, 0.2) is 5.65 Å². The van der Waals surface area contributed by atoms with Gasteiger partial charge in [-0.2, -0.15) is 0 Å². The first-order chi connectivity index (χ1) is 18.5. The average molecular weight is 542 g/mol. The lowest BCUT2D eigenvalue weighted by atomic mass is 9.92. The molecule has 0 amide bonds. The number of nitrogens with one attached hydrogen (secondary N) is 2. The van der Waals surface area contributed by atoms with Crippen LogP contribution in [-0.2, 0) is 10.0 Å². The molecule has 38 heavy (non-hydrogen) atoms. The Bertz CT molecular complexity index is 1250. The SMILES string of the molecule is NC1CCC(Nc2cc(NC3CCC(S(=O)(=O)N4CCCC4)CC3)c3ncc(C4=CCCCC4)n3n2)CC1. The van der Waals surface area contributed by atoms with Crippen LogP contribution in [-0.4, -0.2) is 63.8 Å². The van der Waals surface area contributed by atoms with E-state index >= 15 is 0 Å². The summed E-state index contributed by atoms with van der Waals surface area (Å²) in [5.74, 6) is 0.862. The number of nitrogens with zero attached hydrogens (tertiary/aromatic N) is 4. The Hall–Kier alpha value is -2.17. The van der Waals surface area contributed by atoms with Gasteiger partial charge in [-0.15, -0.1) is 5.10 Å². The molecule has 2 saturated carbocycles. The van der Waals surface area contributed by atoms with Crippen LogP contribution in [0.2, 0.25) is 0 Å². The van der Waals surface area contributed by atoms with E-state index in [2.05, 4.69) is 22.8 Å². The minimum atomic E-state index is -3.17. The first-order valence-electron chi connectivity index (χ1n) is 14.8. The second kappa shape index (κ2) is 11.1. The second-order valence-corrected chi connectivity index (χ2v) is 14.0. The first-order valence-corrected chi connectivity index (χ1v) is 16.3. The number of fused-ring (bicyclic) bond motifs is 1. The quantitative estimate of drug-likeness (QED) is 0.472. The Labute approximate surface area is 226 Å². The molecular formula is C28H43N7O2S. The normalized spacial score (nSPS) is 29.3. The third-order valence-corrected chi connectivity index (χ3v) is 11.5. The number of imidazole rings is 1. The molecule has 1 aliphatic heterocycles. The fourth-order valence-corrected chi connectivity index (χ4v) is 8.84. The molecule has 0 radical (unpaired) electrons. The molecule has 1 saturated heterocycles. The summed E-state index contributed by atoms with van der Waals surface area (Å²) >= 11 is 0. The van der Waals surface area contributed by atoms with Crippen LogP contribution in [0.4, 0.5) is 11.5 Å². The van der Waals surface area contributed by atoms with Gasteiger partial charge in [0, 0.05) is 37.3 Å². The van der Waals surface area contributed by atoms with E-state index in [1.165, 1.54) is 18.4 Å². The van der Waals surface area contributed by atoms with E-state index in [1.807, 2.05) is 10.7 Å². The lowest BCUT2D eigenvalue weighted by Gasteiger charge is -2.32. The molecule has 6 rings (SSSR count). The van der Waals surface area contributed by atoms with Crippen molar-refractivity contribution in [3.05, 3.63) is 24.0 Å². The summed E-state index contributed by atoms with van der Waals surface area (Å²) in [4.78, 5) is 4.81. The van der Waals surface area contributed by atoms with E-state index in [-0.39, 0.29) is 11.3 Å². The van der Waals surface area contributed by atoms with Crippen LogP contribution in [0.3, 0.4) is 0 Å². The van der Waals surface area contributed by atoms with E-state index in [0.717, 1.165) is 87.1 Å². The van der Waals surface area contributed by atoms with Gasteiger partial charge in [0.2, 0.25) is 10.0 Å². The summed E-state index contributed by atoms with van der Waals surface area (Å²) < 4.78 is 29.9. The monoisotopic (exact) mass is 541 g/mol. The van der Waals surface area contributed by atoms with Gasteiger partial charge < -0.3 is 16.4 Å². The van der Waals surface area contributed by atoms with Crippen LogP contribution in [0.1, 0.15) is 95.6 Å². The van der Waals surface area contributed by atoms with Gasteiger partial charge >= 0.3 is 0 Å². The Morgan fingerprint density at radius 2 is 1.61 bits per heavy atom. The zero-order valence-electron chi connectivity index (χ0n) is 22.4. The molecule has 2 aromatic rings. The number of anilines is 2. The maximum absolute atomic E-state index is 13.1. The number of allylic oxidation sites excluding steroid dienone is 2. The van der Waals surface area contributed by atoms with Gasteiger partial charge in [0.25, 0.3) is 0 Å². The predicted octanol–water partition coefficient (Wildman–Crippen LogP) is 4.52. The highest BCUT2D eigenvalue weighted by molar-refractivity contribution is 7.89. The summed E-state index contributed by atoms with van der Waals surface area (Å²) in [5, 5.41) is 12.2. The minimum absolute atomic E-state index is 0.223. The van der Waals surface area contributed by atoms with E-state index in [1.54, 1.807) is 4.31 Å². The van der Waals surface area contributed by atoms with Crippen molar-refractivity contribution in [3.8, 4) is 0 Å². The van der Waals surface area contributed by atoms with Crippen molar-refractivity contribution in [1.29, 1.82) is 0 Å². The number of hydrogen-bond donors (Lipinski definition) is 3. The van der Waals surface area contributed by atoms with Crippen molar-refractivity contribution in [1.82, 2.24) is 18.9 Å². The van der Waals surface area contributed by atoms with Crippen LogP contribution < -0.4 is 16.4 Å². The summed E-state index contributed by atoms with van der Waals surface area (Å²) in [7, 11) is -3.17. The smallest absolute Gasteiger partial charge is 0.216 e. The predicted molar refractivity (Wildman–Crippen MR) is 153 cm³/mol. The first kappa shape index (κ1) is 26.1. The second-order valence-electron chi connectivity index (χ2n) is 11.8. The van der Waals surface area contributed by atoms with Crippen LogP contribution in [0.5, 0.6) is 0 Å². The van der Waals surface area contributed by atoms with Crippen LogP contribution >= 0.6 is 0 Å². The standard InChI is InChI=1S/C28H43N7O2S/c29-21-8-10-23(11-9-21)32-27-18-25(28-30-19-26(35(28)33-27)20-6-2-1-3-7-20)31-22-12-14-24(15-13-22)38(36,37)34-16-4-5-17-34/h6,18-19,21-24,31H,1-5,7-17,29H2,(H,32,33). The van der Waals surface area contributed by atoms with Crippen molar-refractivity contribution < 1.29 is 8.42 Å². The number of sulfonamides is 1. The number of rotatable bonds is 7. The highest BCUT2D eigenvalue weighted by atomic mass is 32.2. The average Bonchev–Trinajstić information content (AvgIpc) is 3.62. The van der Waals surface area contributed by atoms with Gasteiger partial charge in [-0.05, 0) is 95.5 Å². The van der Waals surface area contributed by atoms with Crippen molar-refractivity contribution in [2.45, 2.75) is 113 Å². The minimum Gasteiger partial charge on any atom is -0.379 e. The molecule has 2 aromatic heterocycles. The zero-order chi connectivity index (χ0) is 26.1. The largest absolute Gasteiger partial charge is 0.379 e. The molecule has 3 fully saturated rings. The third-order valence-electron chi connectivity index (χ3n) is 9.09. The molecule has 9 nitrogen and oxygen atoms in total. The third kappa shape index (κ3) is 5.45. The number of nitrogens with two attached hydrogens (primary N) is 1. The van der Waals surface area contributed by atoms with E-state index in [0.29, 0.717) is 38.0 Å². The molecule has 3 aliphatic carbocycles. The van der Waals surface area contributed by atoms with Crippen molar-refractivity contribution in [3.63, 3.8) is 0 Å². The number of aromatic nitrogens is 3. The highest BCUT2D eigenvalue weighted by Crippen LogP contribution is 2.33. The lowest BCUT2D eigenvalue weighted by Crippen LogP contribution is -2.40. The molecule has 4 aliphatic rings. The van der Waals surface area contributed by atoms with Gasteiger partial charge in [-0.25, -0.2) is 22.2 Å². The molecule has 4 N–H and O–H groups in total. The Balaban J connectivity index is 1.22. The van der Waals surface area contributed by atoms with Gasteiger partial charge in [0.1, 0.15) is 5.82 Å². The Kier molecular flexibility index (Phi) is 7.64. The molecule has 208 valence electrons. The van der Waals surface area contributed by atoms with Gasteiger partial charge in [-0.3, -0.25) is 0 Å².